The van der Waals surface area contributed by atoms with E-state index in [0.29, 0.717) is 4.99 Å². The Hall–Kier alpha value is -0.680. The van der Waals surface area contributed by atoms with E-state index in [0.717, 1.165) is 0 Å². The Bertz CT molecular complexity index is 95.3. The maximum Gasteiger partial charge on any atom is 0.315 e. The van der Waals surface area contributed by atoms with E-state index in [1.54, 1.807) is 6.92 Å². The van der Waals surface area contributed by atoms with Crippen molar-refractivity contribution in [2.24, 2.45) is 0 Å². The van der Waals surface area contributed by atoms with Crippen molar-refractivity contribution in [2.45, 2.75) is 6.92 Å². The lowest BCUT2D eigenvalue weighted by Crippen LogP contribution is -2.34. The molecule has 4 nitrogen and oxygen atoms in total. The molecule has 0 radical (unpaired) electrons. The van der Waals surface area contributed by atoms with E-state index in [9.17, 15) is 4.79 Å². The van der Waals surface area contributed by atoms with Crippen LogP contribution in [0.1, 0.15) is 6.92 Å². The van der Waals surface area contributed by atoms with Gasteiger partial charge in [0.25, 0.3) is 0 Å². The van der Waals surface area contributed by atoms with E-state index >= 15 is 0 Å². The predicted molar refractivity (Wildman–Crippen MR) is 31.7 cm³/mol. The lowest BCUT2D eigenvalue weighted by molar-refractivity contribution is -0.136. The quantitative estimate of drug-likeness (QED) is 0.236. The van der Waals surface area contributed by atoms with Gasteiger partial charge in [-0.15, -0.1) is 0 Å². The molecule has 0 amide bonds. The van der Waals surface area contributed by atoms with Gasteiger partial charge in [0.05, 0.1) is 4.99 Å². The number of rotatable bonds is 3. The highest BCUT2D eigenvalue weighted by Crippen LogP contribution is 1.59. The first kappa shape index (κ1) is 7.32. The van der Waals surface area contributed by atoms with Crippen molar-refractivity contribution in [1.82, 2.24) is 11.0 Å². The molecule has 0 aliphatic carbocycles. The maximum absolute atomic E-state index is 9.42. The molecule has 0 saturated heterocycles. The molecule has 0 fully saturated rings. The summed E-state index contributed by atoms with van der Waals surface area (Å²) in [6, 6.07) is 0. The van der Waals surface area contributed by atoms with Crippen molar-refractivity contribution in [1.29, 1.82) is 0 Å². The summed E-state index contributed by atoms with van der Waals surface area (Å²) in [5, 5.41) is 0. The highest BCUT2D eigenvalue weighted by atomic mass is 32.1. The third-order valence-electron chi connectivity index (χ3n) is 0.334. The molecule has 8 heavy (non-hydrogen) atoms. The molecule has 0 aromatic heterocycles. The second-order valence-corrected chi connectivity index (χ2v) is 1.61. The van der Waals surface area contributed by atoms with Gasteiger partial charge in [0, 0.05) is 0 Å². The summed E-state index contributed by atoms with van der Waals surface area (Å²) in [5.41, 5.74) is 4.45. The Morgan fingerprint density at radius 3 is 2.88 bits per heavy atom. The lowest BCUT2D eigenvalue weighted by Gasteiger charge is -1.99. The van der Waals surface area contributed by atoms with Crippen molar-refractivity contribution in [3.05, 3.63) is 0 Å². The molecule has 2 N–H and O–H groups in total. The zero-order chi connectivity index (χ0) is 6.41. The average Bonchev–Trinajstić information content (AvgIpc) is 1.66. The smallest absolute Gasteiger partial charge is 0.315 e. The molecule has 0 spiro atoms. The molecular weight excluding hydrogens is 128 g/mol. The molecule has 0 rings (SSSR count). The van der Waals surface area contributed by atoms with Gasteiger partial charge in [-0.1, -0.05) is 17.8 Å². The van der Waals surface area contributed by atoms with E-state index in [1.807, 2.05) is 0 Å². The van der Waals surface area contributed by atoms with E-state index < -0.39 is 0 Å². The van der Waals surface area contributed by atoms with Crippen LogP contribution in [0.3, 0.4) is 0 Å². The van der Waals surface area contributed by atoms with E-state index in [4.69, 9.17) is 0 Å². The largest absolute Gasteiger partial charge is 0.354 e. The summed E-state index contributed by atoms with van der Waals surface area (Å²) in [5.74, 6) is 0. The fraction of sp³-hybridized carbons (Fsp3) is 0.333. The van der Waals surface area contributed by atoms with Gasteiger partial charge in [0.15, 0.2) is 0 Å². The first-order valence-corrected chi connectivity index (χ1v) is 2.29. The normalized spacial score (nSPS) is 7.62. The molecule has 0 bridgehead atoms. The van der Waals surface area contributed by atoms with Crippen molar-refractivity contribution >= 4 is 23.7 Å². The Kier molecular flexibility index (Phi) is 4.10. The highest BCUT2D eigenvalue weighted by molar-refractivity contribution is 7.80. The molecule has 0 saturated carbocycles. The van der Waals surface area contributed by atoms with Crippen molar-refractivity contribution in [3.63, 3.8) is 0 Å². The minimum atomic E-state index is 0.255. The minimum absolute atomic E-state index is 0.255. The lowest BCUT2D eigenvalue weighted by atomic mass is 10.8. The van der Waals surface area contributed by atoms with Crippen LogP contribution >= 0.6 is 12.2 Å². The van der Waals surface area contributed by atoms with Gasteiger partial charge in [0.2, 0.25) is 0 Å². The first-order valence-electron chi connectivity index (χ1n) is 1.88. The number of hydrazine groups is 1. The monoisotopic (exact) mass is 134 g/mol. The van der Waals surface area contributed by atoms with Crippen LogP contribution in [0, 0.1) is 0 Å². The van der Waals surface area contributed by atoms with E-state index in [-0.39, 0.29) is 6.47 Å². The Balaban J connectivity index is 2.93. The highest BCUT2D eigenvalue weighted by Gasteiger charge is 1.79. The van der Waals surface area contributed by atoms with Crippen LogP contribution in [0.15, 0.2) is 0 Å². The molecular formula is C3H6N2O2S. The number of carbonyl (C=O) groups is 1. The van der Waals surface area contributed by atoms with Gasteiger partial charge in [-0.3, -0.25) is 10.2 Å². The van der Waals surface area contributed by atoms with Crippen molar-refractivity contribution < 1.29 is 9.63 Å². The summed E-state index contributed by atoms with van der Waals surface area (Å²) in [7, 11) is 0. The molecule has 0 aromatic rings. The predicted octanol–water partition coefficient (Wildman–Crippen LogP) is -0.484. The number of thiocarbonyl (C=S) groups is 1. The van der Waals surface area contributed by atoms with Crippen LogP contribution in [0.5, 0.6) is 0 Å². The van der Waals surface area contributed by atoms with Crippen LogP contribution in [-0.4, -0.2) is 11.5 Å². The third-order valence-corrected chi connectivity index (χ3v) is 0.436. The molecule has 5 heteroatoms. The van der Waals surface area contributed by atoms with Gasteiger partial charge in [-0.25, -0.2) is 0 Å². The van der Waals surface area contributed by atoms with Crippen LogP contribution in [0.2, 0.25) is 0 Å². The summed E-state index contributed by atoms with van der Waals surface area (Å²) < 4.78 is 0. The van der Waals surface area contributed by atoms with Crippen molar-refractivity contribution in [2.75, 3.05) is 0 Å². The topological polar surface area (TPSA) is 50.4 Å². The van der Waals surface area contributed by atoms with Gasteiger partial charge in [-0.05, 0) is 6.92 Å². The fourth-order valence-electron chi connectivity index (χ4n) is 0.125. The number of hydrogen-bond acceptors (Lipinski definition) is 4. The van der Waals surface area contributed by atoms with Crippen molar-refractivity contribution in [3.8, 4) is 0 Å². The molecule has 46 valence electrons. The summed E-state index contributed by atoms with van der Waals surface area (Å²) in [4.78, 5) is 13.9. The summed E-state index contributed by atoms with van der Waals surface area (Å²) in [6.07, 6.45) is 0. The van der Waals surface area contributed by atoms with Gasteiger partial charge in [-0.2, -0.15) is 0 Å². The van der Waals surface area contributed by atoms with E-state index in [2.05, 4.69) is 28.1 Å². The van der Waals surface area contributed by atoms with Crippen LogP contribution in [0.25, 0.3) is 0 Å². The maximum atomic E-state index is 9.42. The van der Waals surface area contributed by atoms with Gasteiger partial charge >= 0.3 is 6.47 Å². The number of nitrogens with one attached hydrogen (secondary N) is 2. The molecule has 0 atom stereocenters. The Morgan fingerprint density at radius 1 is 1.88 bits per heavy atom. The van der Waals surface area contributed by atoms with Crippen LogP contribution in [-0.2, 0) is 9.63 Å². The standard InChI is InChI=1S/C3H6N2O2S/c1-3(8)4-5-7-2-6/h2,5H,1H3,(H,4,8). The molecule has 0 unspecified atom stereocenters. The number of carbonyl (C=O) groups excluding carboxylic acids is 1. The second kappa shape index (κ2) is 4.48. The zero-order valence-corrected chi connectivity index (χ0v) is 5.12. The fourth-order valence-corrected chi connectivity index (χ4v) is 0.167. The first-order chi connectivity index (χ1) is 3.77. The average molecular weight is 134 g/mol. The molecule has 0 aliphatic rings. The molecule has 0 aromatic carbocycles. The SMILES string of the molecule is CC(=S)NNOC=O. The Labute approximate surface area is 52.1 Å². The Morgan fingerprint density at radius 2 is 2.50 bits per heavy atom. The number of hydrogen-bond donors (Lipinski definition) is 2. The summed E-state index contributed by atoms with van der Waals surface area (Å²) >= 11 is 4.54. The second-order valence-electron chi connectivity index (χ2n) is 0.997. The summed E-state index contributed by atoms with van der Waals surface area (Å²) in [6.45, 7) is 1.90. The van der Waals surface area contributed by atoms with Gasteiger partial charge < -0.3 is 4.84 Å². The van der Waals surface area contributed by atoms with E-state index in [1.165, 1.54) is 0 Å². The van der Waals surface area contributed by atoms with Crippen LogP contribution < -0.4 is 11.0 Å². The van der Waals surface area contributed by atoms with Gasteiger partial charge in [0.1, 0.15) is 0 Å². The molecule has 0 heterocycles. The minimum Gasteiger partial charge on any atom is -0.354 e. The van der Waals surface area contributed by atoms with Crippen LogP contribution in [0.4, 0.5) is 0 Å². The third kappa shape index (κ3) is 5.32. The zero-order valence-electron chi connectivity index (χ0n) is 4.30. The molecule has 0 aliphatic heterocycles.